The van der Waals surface area contributed by atoms with Gasteiger partial charge in [-0.2, -0.15) is 0 Å². The quantitative estimate of drug-likeness (QED) is 0.823. The zero-order chi connectivity index (χ0) is 14.5. The third-order valence-corrected chi connectivity index (χ3v) is 3.47. The third-order valence-electron chi connectivity index (χ3n) is 3.47. The Morgan fingerprint density at radius 1 is 1.30 bits per heavy atom. The minimum Gasteiger partial charge on any atom is -0.494 e. The summed E-state index contributed by atoms with van der Waals surface area (Å²) in [5.41, 5.74) is 6.52. The number of ether oxygens (including phenoxy) is 2. The van der Waals surface area contributed by atoms with Gasteiger partial charge in [-0.3, -0.25) is 4.79 Å². The van der Waals surface area contributed by atoms with Crippen LogP contribution < -0.4 is 15.8 Å². The molecule has 1 aromatic carbocycles. The summed E-state index contributed by atoms with van der Waals surface area (Å²) in [5, 5.41) is 2.94. The maximum absolute atomic E-state index is 12.1. The summed E-state index contributed by atoms with van der Waals surface area (Å²) in [5.74, 6) is 0.634. The summed E-state index contributed by atoms with van der Waals surface area (Å²) in [6.45, 7) is 5.10. The number of amides is 1. The van der Waals surface area contributed by atoms with E-state index < -0.39 is 0 Å². The van der Waals surface area contributed by atoms with Crippen LogP contribution in [0.25, 0.3) is 0 Å². The minimum atomic E-state index is -0.127. The molecule has 1 aliphatic rings. The second-order valence-electron chi connectivity index (χ2n) is 4.85. The average molecular weight is 278 g/mol. The molecule has 1 aromatic rings. The predicted molar refractivity (Wildman–Crippen MR) is 76.9 cm³/mol. The van der Waals surface area contributed by atoms with E-state index in [2.05, 4.69) is 5.32 Å². The van der Waals surface area contributed by atoms with Crippen molar-refractivity contribution in [2.45, 2.75) is 38.5 Å². The number of nitrogens with two attached hydrogens (primary N) is 1. The summed E-state index contributed by atoms with van der Waals surface area (Å²) in [6, 6.07) is 6.95. The highest BCUT2D eigenvalue weighted by Crippen LogP contribution is 2.23. The zero-order valence-electron chi connectivity index (χ0n) is 12.0. The van der Waals surface area contributed by atoms with Crippen LogP contribution in [0.5, 0.6) is 5.75 Å². The van der Waals surface area contributed by atoms with Crippen LogP contribution in [-0.4, -0.2) is 37.3 Å². The van der Waals surface area contributed by atoms with Crippen LogP contribution in [0.4, 0.5) is 0 Å². The van der Waals surface area contributed by atoms with E-state index in [0.717, 1.165) is 12.2 Å². The van der Waals surface area contributed by atoms with Crippen LogP contribution in [0.1, 0.15) is 30.6 Å². The van der Waals surface area contributed by atoms with Gasteiger partial charge < -0.3 is 20.5 Å². The Morgan fingerprint density at radius 3 is 2.55 bits per heavy atom. The Morgan fingerprint density at radius 2 is 2.00 bits per heavy atom. The second kappa shape index (κ2) is 6.72. The van der Waals surface area contributed by atoms with Gasteiger partial charge in [-0.15, -0.1) is 0 Å². The molecule has 0 radical (unpaired) electrons. The van der Waals surface area contributed by atoms with Gasteiger partial charge in [0.25, 0.3) is 5.91 Å². The van der Waals surface area contributed by atoms with Crippen LogP contribution in [0.2, 0.25) is 0 Å². The lowest BCUT2D eigenvalue weighted by molar-refractivity contribution is -0.0300. The van der Waals surface area contributed by atoms with E-state index in [0.29, 0.717) is 18.8 Å². The molecule has 0 saturated heterocycles. The number of nitrogens with one attached hydrogen (secondary N) is 1. The molecule has 3 unspecified atom stereocenters. The highest BCUT2D eigenvalue weighted by Gasteiger charge is 2.40. The van der Waals surface area contributed by atoms with Crippen molar-refractivity contribution >= 4 is 5.91 Å². The van der Waals surface area contributed by atoms with Crippen molar-refractivity contribution in [2.24, 2.45) is 5.73 Å². The molecule has 0 bridgehead atoms. The lowest BCUT2D eigenvalue weighted by Gasteiger charge is -2.42. The Kier molecular flexibility index (Phi) is 4.98. The molecule has 5 nitrogen and oxygen atoms in total. The molecule has 20 heavy (non-hydrogen) atoms. The highest BCUT2D eigenvalue weighted by molar-refractivity contribution is 5.94. The molecule has 0 spiro atoms. The van der Waals surface area contributed by atoms with Gasteiger partial charge >= 0.3 is 0 Å². The van der Waals surface area contributed by atoms with Crippen LogP contribution in [-0.2, 0) is 4.74 Å². The zero-order valence-corrected chi connectivity index (χ0v) is 12.0. The van der Waals surface area contributed by atoms with Crippen LogP contribution in [0.15, 0.2) is 24.3 Å². The normalized spacial score (nSPS) is 24.9. The van der Waals surface area contributed by atoms with Crippen molar-refractivity contribution in [3.63, 3.8) is 0 Å². The number of carbonyl (C=O) groups is 1. The number of carbonyl (C=O) groups excluding carboxylic acids is 1. The van der Waals surface area contributed by atoms with Gasteiger partial charge in [0.1, 0.15) is 5.75 Å². The molecule has 1 aliphatic carbocycles. The molecule has 2 rings (SSSR count). The lowest BCUT2D eigenvalue weighted by atomic mass is 9.83. The third kappa shape index (κ3) is 3.29. The fraction of sp³-hybridized carbons (Fsp3) is 0.533. The van der Waals surface area contributed by atoms with Gasteiger partial charge in [0, 0.05) is 18.2 Å². The standard InChI is InChI=1S/C15H22N2O3/c1-3-19-11-7-5-10(6-8-11)15(18)17-14-12(16)9-13(14)20-4-2/h5-8,12-14H,3-4,9,16H2,1-2H3,(H,17,18). The average Bonchev–Trinajstić information content (AvgIpc) is 2.45. The second-order valence-corrected chi connectivity index (χ2v) is 4.85. The first-order valence-electron chi connectivity index (χ1n) is 7.06. The topological polar surface area (TPSA) is 73.6 Å². The SMILES string of the molecule is CCOc1ccc(C(=O)NC2C(N)CC2OCC)cc1. The fourth-order valence-corrected chi connectivity index (χ4v) is 2.33. The van der Waals surface area contributed by atoms with E-state index in [9.17, 15) is 4.79 Å². The Bertz CT molecular complexity index is 445. The van der Waals surface area contributed by atoms with Crippen LogP contribution in [0.3, 0.4) is 0 Å². The molecule has 1 amide bonds. The molecule has 110 valence electrons. The fourth-order valence-electron chi connectivity index (χ4n) is 2.33. The molecule has 0 aromatic heterocycles. The maximum Gasteiger partial charge on any atom is 0.251 e. The molecule has 5 heteroatoms. The molecule has 3 N–H and O–H groups in total. The van der Waals surface area contributed by atoms with E-state index in [1.54, 1.807) is 24.3 Å². The molecular formula is C15H22N2O3. The number of benzene rings is 1. The summed E-state index contributed by atoms with van der Waals surface area (Å²) < 4.78 is 10.9. The summed E-state index contributed by atoms with van der Waals surface area (Å²) >= 11 is 0. The smallest absolute Gasteiger partial charge is 0.251 e. The van der Waals surface area contributed by atoms with Gasteiger partial charge in [-0.25, -0.2) is 0 Å². The number of rotatable bonds is 6. The molecule has 0 aliphatic heterocycles. The van der Waals surface area contributed by atoms with E-state index in [1.807, 2.05) is 13.8 Å². The van der Waals surface area contributed by atoms with Gasteiger partial charge in [0.2, 0.25) is 0 Å². The van der Waals surface area contributed by atoms with Crippen LogP contribution >= 0.6 is 0 Å². The van der Waals surface area contributed by atoms with Crippen molar-refractivity contribution in [3.05, 3.63) is 29.8 Å². The minimum absolute atomic E-state index is 0.0293. The van der Waals surface area contributed by atoms with Gasteiger partial charge in [0.05, 0.1) is 18.8 Å². The van der Waals surface area contributed by atoms with Crippen molar-refractivity contribution in [1.29, 1.82) is 0 Å². The van der Waals surface area contributed by atoms with Crippen molar-refractivity contribution in [1.82, 2.24) is 5.32 Å². The van der Waals surface area contributed by atoms with Crippen molar-refractivity contribution < 1.29 is 14.3 Å². The Balaban J connectivity index is 1.94. The van der Waals surface area contributed by atoms with Gasteiger partial charge in [0.15, 0.2) is 0 Å². The first-order valence-corrected chi connectivity index (χ1v) is 7.06. The summed E-state index contributed by atoms with van der Waals surface area (Å²) in [7, 11) is 0. The summed E-state index contributed by atoms with van der Waals surface area (Å²) in [6.07, 6.45) is 0.823. The molecule has 0 heterocycles. The molecular weight excluding hydrogens is 256 g/mol. The van der Waals surface area contributed by atoms with Crippen LogP contribution in [0, 0.1) is 0 Å². The van der Waals surface area contributed by atoms with Crippen molar-refractivity contribution in [2.75, 3.05) is 13.2 Å². The first kappa shape index (κ1) is 14.8. The van der Waals surface area contributed by atoms with Crippen molar-refractivity contribution in [3.8, 4) is 5.75 Å². The monoisotopic (exact) mass is 278 g/mol. The number of hydrogen-bond donors (Lipinski definition) is 2. The number of hydrogen-bond acceptors (Lipinski definition) is 4. The Hall–Kier alpha value is -1.59. The van der Waals surface area contributed by atoms with E-state index in [-0.39, 0.29) is 24.1 Å². The van der Waals surface area contributed by atoms with Gasteiger partial charge in [-0.05, 0) is 44.5 Å². The van der Waals surface area contributed by atoms with Gasteiger partial charge in [-0.1, -0.05) is 0 Å². The highest BCUT2D eigenvalue weighted by atomic mass is 16.5. The Labute approximate surface area is 119 Å². The molecule has 1 fully saturated rings. The maximum atomic E-state index is 12.1. The van der Waals surface area contributed by atoms with E-state index >= 15 is 0 Å². The summed E-state index contributed by atoms with van der Waals surface area (Å²) in [4.78, 5) is 12.1. The lowest BCUT2D eigenvalue weighted by Crippen LogP contribution is -2.64. The van der Waals surface area contributed by atoms with E-state index in [1.165, 1.54) is 0 Å². The molecule has 1 saturated carbocycles. The largest absolute Gasteiger partial charge is 0.494 e. The predicted octanol–water partition coefficient (Wildman–Crippen LogP) is 1.32. The first-order chi connectivity index (χ1) is 9.65. The molecule has 3 atom stereocenters. The van der Waals surface area contributed by atoms with E-state index in [4.69, 9.17) is 15.2 Å².